The van der Waals surface area contributed by atoms with Gasteiger partial charge < -0.3 is 61.8 Å². The van der Waals surface area contributed by atoms with Crippen LogP contribution in [-0.4, -0.2) is 152 Å². The summed E-state index contributed by atoms with van der Waals surface area (Å²) in [5.74, 6) is -10.3. The van der Waals surface area contributed by atoms with Crippen molar-refractivity contribution in [1.82, 2.24) is 41.7 Å². The van der Waals surface area contributed by atoms with Gasteiger partial charge in [0.25, 0.3) is 0 Å². The number of aliphatic hydroxyl groups excluding tert-OH is 1. The Bertz CT molecular complexity index is 2370. The van der Waals surface area contributed by atoms with Gasteiger partial charge in [0, 0.05) is 32.7 Å². The number of carbonyl (C=O) groups is 10. The molecular weight excluding hydrogens is 985 g/mol. The van der Waals surface area contributed by atoms with E-state index in [1.165, 1.54) is 43.1 Å². The van der Waals surface area contributed by atoms with Gasteiger partial charge in [-0.15, -0.1) is 0 Å². The van der Waals surface area contributed by atoms with Crippen LogP contribution in [0.3, 0.4) is 0 Å². The molecule has 0 unspecified atom stereocenters. The summed E-state index contributed by atoms with van der Waals surface area (Å²) in [5.41, 5.74) is 1.07. The van der Waals surface area contributed by atoms with Gasteiger partial charge in [0.2, 0.25) is 47.3 Å². The Morgan fingerprint density at radius 2 is 1.41 bits per heavy atom. The first-order valence-corrected chi connectivity index (χ1v) is 26.2. The molecule has 0 spiro atoms. The number of rotatable bonds is 19. The van der Waals surface area contributed by atoms with Crippen LogP contribution in [0.5, 0.6) is 5.75 Å². The maximum Gasteiger partial charge on any atom is 0.329 e. The van der Waals surface area contributed by atoms with E-state index in [2.05, 4.69) is 31.9 Å². The molecule has 2 heterocycles. The van der Waals surface area contributed by atoms with Crippen molar-refractivity contribution >= 4 is 59.2 Å². The fraction of sp³-hybridized carbons (Fsp3) is 0.593. The third-order valence-electron chi connectivity index (χ3n) is 13.7. The summed E-state index contributed by atoms with van der Waals surface area (Å²) < 4.78 is 5.93. The molecule has 2 saturated heterocycles. The molecular formula is C54H78N8O14. The highest BCUT2D eigenvalue weighted by Gasteiger charge is 2.47. The Hall–Kier alpha value is -7.10. The van der Waals surface area contributed by atoms with E-state index in [0.717, 1.165) is 4.90 Å². The van der Waals surface area contributed by atoms with Gasteiger partial charge in [-0.2, -0.15) is 0 Å². The minimum atomic E-state index is -1.81. The van der Waals surface area contributed by atoms with E-state index in [1.54, 1.807) is 65.0 Å². The molecule has 22 nitrogen and oxygen atoms in total. The summed E-state index contributed by atoms with van der Waals surface area (Å²) >= 11 is 0. The molecule has 0 aliphatic carbocycles. The third-order valence-corrected chi connectivity index (χ3v) is 13.7. The quantitative estimate of drug-likeness (QED) is 0.0903. The number of piperidine rings is 1. The number of cyclic esters (lactones) is 1. The van der Waals surface area contributed by atoms with Crippen molar-refractivity contribution in [2.45, 2.75) is 180 Å². The van der Waals surface area contributed by atoms with Crippen LogP contribution in [0.1, 0.15) is 118 Å². The summed E-state index contributed by atoms with van der Waals surface area (Å²) in [5, 5.41) is 47.3. The highest BCUT2D eigenvalue weighted by Crippen LogP contribution is 2.27. The number of aromatic hydroxyl groups is 1. The number of fused-ring (bicyclic) bond motifs is 2. The Kier molecular flexibility index (Phi) is 23.2. The number of aliphatic carboxylic acids is 1. The lowest BCUT2D eigenvalue weighted by Gasteiger charge is -2.44. The van der Waals surface area contributed by atoms with Crippen LogP contribution in [0.25, 0.3) is 0 Å². The van der Waals surface area contributed by atoms with E-state index in [0.29, 0.717) is 24.0 Å². The summed E-state index contributed by atoms with van der Waals surface area (Å²) in [7, 11) is 1.38. The number of phenols is 1. The molecule has 2 aromatic rings. The maximum atomic E-state index is 14.8. The number of carboxylic acids is 1. The zero-order valence-corrected chi connectivity index (χ0v) is 45.0. The molecule has 76 heavy (non-hydrogen) atoms. The second kappa shape index (κ2) is 28.7. The molecule has 22 heteroatoms. The largest absolute Gasteiger partial charge is 0.508 e. The SMILES string of the molecule is CCCC(=O)N[C@@H](CC(C)C)C(=O)N[C@@H](CCC(=O)N[C@@H]1C(=O)N[C@@H](Cc2ccc(O)cc2)C(=O)N[C@H]2CC[C@@H](O)N(C2=O)[C@@H](C(C)C)C(=O)N(C)[C@@H](Cc2ccccc2)C(=O)N[C@@H]([C@@H](C)CC)C(=O)O[C@@H]1C)C(=O)O. The zero-order chi connectivity index (χ0) is 56.6. The molecule has 2 aromatic carbocycles. The predicted octanol–water partition coefficient (Wildman–Crippen LogP) is 1.58. The van der Waals surface area contributed by atoms with Crippen molar-refractivity contribution in [2.24, 2.45) is 17.8 Å². The van der Waals surface area contributed by atoms with E-state index in [-0.39, 0.29) is 50.2 Å². The standard InChI is InChI=1S/C54H78N8O14/c1-10-15-41(64)55-38(26-29(3)4)47(67)57-37(53(73)74)22-24-42(65)59-45-32(8)76-54(75)44(31(7)11-2)60-49(69)40(28-33-16-13-12-14-17-33)61(9)52(72)46(30(5)6)62-43(66)25-23-36(51(62)71)56-48(68)39(58-50(45)70)27-34-18-20-35(63)21-19-34/h12-14,16-21,29-32,36-40,43-46,63,66H,10-11,15,22-28H2,1-9H3,(H,55,64)(H,56,68)(H,57,67)(H,58,70)(H,59,65)(H,60,69)(H,73,74)/t31-,32+,36-,37-,38-,39-,40-,43+,44-,45-,46-/m0/s1. The van der Waals surface area contributed by atoms with E-state index in [9.17, 15) is 63.3 Å². The fourth-order valence-corrected chi connectivity index (χ4v) is 9.19. The number of esters is 1. The summed E-state index contributed by atoms with van der Waals surface area (Å²) in [6, 6.07) is 3.00. The summed E-state index contributed by atoms with van der Waals surface area (Å²) in [4.78, 5) is 142. The first-order chi connectivity index (χ1) is 35.9. The third kappa shape index (κ3) is 17.2. The molecule has 2 aliphatic rings. The van der Waals surface area contributed by atoms with Crippen molar-refractivity contribution in [1.29, 1.82) is 0 Å². The van der Waals surface area contributed by atoms with E-state index in [4.69, 9.17) is 4.74 Å². The molecule has 0 aromatic heterocycles. The first kappa shape index (κ1) is 61.4. The van der Waals surface area contributed by atoms with Gasteiger partial charge >= 0.3 is 11.9 Å². The molecule has 2 fully saturated rings. The van der Waals surface area contributed by atoms with Gasteiger partial charge in [0.05, 0.1) is 0 Å². The van der Waals surface area contributed by atoms with Crippen molar-refractivity contribution in [2.75, 3.05) is 7.05 Å². The number of carbonyl (C=O) groups excluding carboxylic acids is 9. The second-order valence-corrected chi connectivity index (χ2v) is 20.6. The minimum Gasteiger partial charge on any atom is -0.508 e. The van der Waals surface area contributed by atoms with E-state index < -0.39 is 145 Å². The van der Waals surface area contributed by atoms with Gasteiger partial charge in [-0.1, -0.05) is 97.4 Å². The van der Waals surface area contributed by atoms with Gasteiger partial charge in [0.15, 0.2) is 0 Å². The number of amides is 8. The lowest BCUT2D eigenvalue weighted by molar-refractivity contribution is -0.167. The molecule has 0 radical (unpaired) electrons. The van der Waals surface area contributed by atoms with Crippen LogP contribution in [0.2, 0.25) is 0 Å². The van der Waals surface area contributed by atoms with Crippen LogP contribution in [0.4, 0.5) is 0 Å². The Morgan fingerprint density at radius 3 is 2.00 bits per heavy atom. The van der Waals surface area contributed by atoms with Gasteiger partial charge in [-0.25, -0.2) is 9.59 Å². The number of nitrogens with zero attached hydrogens (tertiary/aromatic N) is 2. The second-order valence-electron chi connectivity index (χ2n) is 20.6. The molecule has 9 N–H and O–H groups in total. The van der Waals surface area contributed by atoms with Crippen molar-refractivity contribution < 1.29 is 68.0 Å². The number of aliphatic hydroxyl groups is 1. The maximum absolute atomic E-state index is 14.8. The average molecular weight is 1060 g/mol. The van der Waals surface area contributed by atoms with Crippen LogP contribution in [-0.2, 0) is 65.5 Å². The highest BCUT2D eigenvalue weighted by atomic mass is 16.5. The Morgan fingerprint density at radius 1 is 0.763 bits per heavy atom. The smallest absolute Gasteiger partial charge is 0.329 e. The highest BCUT2D eigenvalue weighted by molar-refractivity contribution is 5.98. The molecule has 8 amide bonds. The van der Waals surface area contributed by atoms with Crippen LogP contribution >= 0.6 is 0 Å². The van der Waals surface area contributed by atoms with E-state index >= 15 is 0 Å². The number of hydrogen-bond acceptors (Lipinski definition) is 13. The summed E-state index contributed by atoms with van der Waals surface area (Å²) in [6.45, 7) is 13.5. The number of phenolic OH excluding ortho intramolecular Hbond substituents is 1. The van der Waals surface area contributed by atoms with Gasteiger partial charge in [-0.05, 0) is 80.0 Å². The monoisotopic (exact) mass is 1060 g/mol. The van der Waals surface area contributed by atoms with Crippen molar-refractivity contribution in [3.05, 3.63) is 65.7 Å². The number of ether oxygens (including phenoxy) is 1. The number of likely N-dealkylation sites (N-methyl/N-ethyl adjacent to an activating group) is 1. The van der Waals surface area contributed by atoms with E-state index in [1.807, 2.05) is 13.8 Å². The Balaban J connectivity index is 1.80. The number of benzene rings is 2. The van der Waals surface area contributed by atoms with Crippen molar-refractivity contribution in [3.63, 3.8) is 0 Å². The molecule has 2 aliphatic heterocycles. The molecule has 2 bridgehead atoms. The van der Waals surface area contributed by atoms with Gasteiger partial charge in [0.1, 0.15) is 66.4 Å². The Labute approximate surface area is 444 Å². The van der Waals surface area contributed by atoms with Gasteiger partial charge in [-0.3, -0.25) is 38.4 Å². The zero-order valence-electron chi connectivity index (χ0n) is 45.0. The number of nitrogens with one attached hydrogen (secondary N) is 6. The minimum absolute atomic E-state index is 0.0508. The number of hydrogen-bond donors (Lipinski definition) is 9. The summed E-state index contributed by atoms with van der Waals surface area (Å²) in [6.07, 6.45) is -3.47. The molecule has 4 rings (SSSR count). The normalized spacial score (nSPS) is 24.4. The lowest BCUT2D eigenvalue weighted by atomic mass is 9.93. The lowest BCUT2D eigenvalue weighted by Crippen LogP contribution is -2.66. The van der Waals surface area contributed by atoms with Crippen molar-refractivity contribution in [3.8, 4) is 5.75 Å². The average Bonchev–Trinajstić information content (AvgIpc) is 3.36. The fourth-order valence-electron chi connectivity index (χ4n) is 9.19. The molecule has 0 saturated carbocycles. The topological polar surface area (TPSA) is 319 Å². The predicted molar refractivity (Wildman–Crippen MR) is 277 cm³/mol. The van der Waals surface area contributed by atoms with Crippen LogP contribution in [0, 0.1) is 17.8 Å². The first-order valence-electron chi connectivity index (χ1n) is 26.2. The number of carboxylic acid groups (broad SMARTS) is 1. The molecule has 418 valence electrons. The van der Waals surface area contributed by atoms with Crippen LogP contribution in [0.15, 0.2) is 54.6 Å². The molecule has 11 atom stereocenters. The van der Waals surface area contributed by atoms with Crippen LogP contribution < -0.4 is 31.9 Å².